The first-order chi connectivity index (χ1) is 11.0. The van der Waals surface area contributed by atoms with E-state index >= 15 is 0 Å². The molecule has 6 heteroatoms. The fraction of sp³-hybridized carbons (Fsp3) is 0.294. The molecule has 1 aromatic carbocycles. The normalized spacial score (nSPS) is 19.0. The molecule has 1 saturated heterocycles. The van der Waals surface area contributed by atoms with Crippen molar-refractivity contribution >= 4 is 44.8 Å². The lowest BCUT2D eigenvalue weighted by molar-refractivity contribution is -0.126. The quantitative estimate of drug-likeness (QED) is 0.861. The Morgan fingerprint density at radius 3 is 2.91 bits per heavy atom. The third-order valence-corrected chi connectivity index (χ3v) is 5.49. The molecule has 1 aromatic heterocycles. The monoisotopic (exact) mass is 392 g/mol. The van der Waals surface area contributed by atoms with Crippen LogP contribution in [0.4, 0.5) is 5.69 Å². The lowest BCUT2D eigenvalue weighted by Crippen LogP contribution is -2.34. The van der Waals surface area contributed by atoms with Gasteiger partial charge in [0.2, 0.25) is 11.8 Å². The van der Waals surface area contributed by atoms with Crippen LogP contribution < -0.4 is 10.2 Å². The van der Waals surface area contributed by atoms with Crippen LogP contribution in [0.1, 0.15) is 24.3 Å². The van der Waals surface area contributed by atoms with E-state index in [9.17, 15) is 9.59 Å². The maximum atomic E-state index is 12.4. The Morgan fingerprint density at radius 1 is 1.39 bits per heavy atom. The molecule has 0 spiro atoms. The molecule has 2 heterocycles. The van der Waals surface area contributed by atoms with Gasteiger partial charge in [0.25, 0.3) is 0 Å². The van der Waals surface area contributed by atoms with Gasteiger partial charge in [0.05, 0.1) is 12.0 Å². The van der Waals surface area contributed by atoms with E-state index in [1.807, 2.05) is 48.7 Å². The maximum Gasteiger partial charge on any atom is 0.227 e. The highest BCUT2D eigenvalue weighted by molar-refractivity contribution is 9.10. The molecule has 120 valence electrons. The van der Waals surface area contributed by atoms with Gasteiger partial charge in [0.1, 0.15) is 0 Å². The summed E-state index contributed by atoms with van der Waals surface area (Å²) in [6, 6.07) is 11.5. The van der Waals surface area contributed by atoms with Crippen molar-refractivity contribution in [2.45, 2.75) is 19.4 Å². The number of benzene rings is 1. The van der Waals surface area contributed by atoms with Gasteiger partial charge in [-0.3, -0.25) is 9.59 Å². The summed E-state index contributed by atoms with van der Waals surface area (Å²) < 4.78 is 0.919. The first-order valence-corrected chi connectivity index (χ1v) is 9.11. The Labute approximate surface area is 147 Å². The summed E-state index contributed by atoms with van der Waals surface area (Å²) >= 11 is 5.03. The van der Waals surface area contributed by atoms with Crippen LogP contribution in [0, 0.1) is 5.92 Å². The fourth-order valence-corrected chi connectivity index (χ4v) is 3.84. The molecule has 0 aliphatic carbocycles. The largest absolute Gasteiger partial charge is 0.348 e. The van der Waals surface area contributed by atoms with Crippen LogP contribution >= 0.6 is 27.3 Å². The van der Waals surface area contributed by atoms with Gasteiger partial charge in [-0.25, -0.2) is 0 Å². The van der Waals surface area contributed by atoms with Crippen molar-refractivity contribution in [3.05, 3.63) is 51.1 Å². The molecule has 2 aromatic rings. The van der Waals surface area contributed by atoms with Crippen molar-refractivity contribution in [3.63, 3.8) is 0 Å². The maximum absolute atomic E-state index is 12.4. The molecule has 1 aliphatic rings. The molecule has 2 atom stereocenters. The average Bonchev–Trinajstić information content (AvgIpc) is 3.16. The molecule has 4 nitrogen and oxygen atoms in total. The Bertz CT molecular complexity index is 717. The molecule has 3 rings (SSSR count). The van der Waals surface area contributed by atoms with E-state index in [4.69, 9.17) is 0 Å². The van der Waals surface area contributed by atoms with Crippen molar-refractivity contribution in [1.82, 2.24) is 5.32 Å². The van der Waals surface area contributed by atoms with Gasteiger partial charge in [0.15, 0.2) is 0 Å². The van der Waals surface area contributed by atoms with Crippen LogP contribution in [0.2, 0.25) is 0 Å². The van der Waals surface area contributed by atoms with Crippen LogP contribution in [0.5, 0.6) is 0 Å². The number of nitrogens with zero attached hydrogens (tertiary/aromatic N) is 1. The summed E-state index contributed by atoms with van der Waals surface area (Å²) in [4.78, 5) is 27.5. The smallest absolute Gasteiger partial charge is 0.227 e. The van der Waals surface area contributed by atoms with Crippen molar-refractivity contribution in [2.24, 2.45) is 5.92 Å². The molecule has 0 unspecified atom stereocenters. The van der Waals surface area contributed by atoms with Crippen LogP contribution in [0.25, 0.3) is 0 Å². The molecule has 0 bridgehead atoms. The number of carbonyl (C=O) groups is 2. The predicted molar refractivity (Wildman–Crippen MR) is 95.5 cm³/mol. The van der Waals surface area contributed by atoms with Crippen LogP contribution in [-0.2, 0) is 9.59 Å². The summed E-state index contributed by atoms with van der Waals surface area (Å²) in [5.74, 6) is -0.368. The van der Waals surface area contributed by atoms with Gasteiger partial charge in [0, 0.05) is 28.0 Å². The zero-order valence-corrected chi connectivity index (χ0v) is 15.1. The highest BCUT2D eigenvalue weighted by Crippen LogP contribution is 2.28. The Balaban J connectivity index is 1.66. The standard InChI is InChI=1S/C17H17BrN2O2S/c1-11(15-6-3-7-23-15)19-17(22)12-8-16(21)20(10-12)14-5-2-4-13(18)9-14/h2-7,9,11-12H,8,10H2,1H3,(H,19,22)/t11-,12-/m1/s1. The molecule has 1 fully saturated rings. The highest BCUT2D eigenvalue weighted by Gasteiger charge is 2.35. The number of halogens is 1. The molecule has 0 radical (unpaired) electrons. The van der Waals surface area contributed by atoms with Crippen molar-refractivity contribution in [1.29, 1.82) is 0 Å². The van der Waals surface area contributed by atoms with Gasteiger partial charge < -0.3 is 10.2 Å². The van der Waals surface area contributed by atoms with E-state index in [0.717, 1.165) is 15.0 Å². The van der Waals surface area contributed by atoms with E-state index in [-0.39, 0.29) is 30.2 Å². The van der Waals surface area contributed by atoms with Crippen molar-refractivity contribution in [2.75, 3.05) is 11.4 Å². The lowest BCUT2D eigenvalue weighted by atomic mass is 10.1. The van der Waals surface area contributed by atoms with E-state index in [0.29, 0.717) is 6.54 Å². The number of carbonyl (C=O) groups excluding carboxylic acids is 2. The minimum atomic E-state index is -0.302. The predicted octanol–water partition coefficient (Wildman–Crippen LogP) is 3.74. The topological polar surface area (TPSA) is 49.4 Å². The number of thiophene rings is 1. The van der Waals surface area contributed by atoms with E-state index < -0.39 is 0 Å². The number of hydrogen-bond acceptors (Lipinski definition) is 3. The first-order valence-electron chi connectivity index (χ1n) is 7.44. The molecule has 2 amide bonds. The zero-order chi connectivity index (χ0) is 16.4. The Morgan fingerprint density at radius 2 is 2.22 bits per heavy atom. The molecule has 1 aliphatic heterocycles. The highest BCUT2D eigenvalue weighted by atomic mass is 79.9. The number of rotatable bonds is 4. The third-order valence-electron chi connectivity index (χ3n) is 3.94. The minimum Gasteiger partial charge on any atom is -0.348 e. The SMILES string of the molecule is C[C@@H](NC(=O)[C@@H]1CC(=O)N(c2cccc(Br)c2)C1)c1cccs1. The molecular formula is C17H17BrN2O2S. The Hall–Kier alpha value is -1.66. The van der Waals surface area contributed by atoms with Gasteiger partial charge in [-0.15, -0.1) is 11.3 Å². The summed E-state index contributed by atoms with van der Waals surface area (Å²) in [6.07, 6.45) is 0.259. The van der Waals surface area contributed by atoms with Crippen molar-refractivity contribution < 1.29 is 9.59 Å². The lowest BCUT2D eigenvalue weighted by Gasteiger charge is -2.18. The summed E-state index contributed by atoms with van der Waals surface area (Å²) in [7, 11) is 0. The van der Waals surface area contributed by atoms with E-state index in [1.54, 1.807) is 16.2 Å². The van der Waals surface area contributed by atoms with Gasteiger partial charge in [-0.2, -0.15) is 0 Å². The summed E-state index contributed by atoms with van der Waals surface area (Å²) in [5, 5.41) is 5.00. The van der Waals surface area contributed by atoms with Gasteiger partial charge in [-0.1, -0.05) is 28.1 Å². The second-order valence-corrected chi connectivity index (χ2v) is 7.53. The minimum absolute atomic E-state index is 0.00738. The average molecular weight is 393 g/mol. The van der Waals surface area contributed by atoms with Crippen LogP contribution in [0.3, 0.4) is 0 Å². The van der Waals surface area contributed by atoms with Gasteiger partial charge >= 0.3 is 0 Å². The number of nitrogens with one attached hydrogen (secondary N) is 1. The molecular weight excluding hydrogens is 376 g/mol. The third kappa shape index (κ3) is 3.64. The summed E-state index contributed by atoms with van der Waals surface area (Å²) in [5.41, 5.74) is 0.825. The van der Waals surface area contributed by atoms with E-state index in [2.05, 4.69) is 21.2 Å². The number of amides is 2. The fourth-order valence-electron chi connectivity index (χ4n) is 2.72. The summed E-state index contributed by atoms with van der Waals surface area (Å²) in [6.45, 7) is 2.39. The first kappa shape index (κ1) is 16.2. The second kappa shape index (κ2) is 6.84. The molecule has 0 saturated carbocycles. The Kier molecular flexibility index (Phi) is 4.82. The van der Waals surface area contributed by atoms with Crippen LogP contribution in [0.15, 0.2) is 46.3 Å². The van der Waals surface area contributed by atoms with Crippen LogP contribution in [-0.4, -0.2) is 18.4 Å². The van der Waals surface area contributed by atoms with Crippen molar-refractivity contribution in [3.8, 4) is 0 Å². The van der Waals surface area contributed by atoms with E-state index in [1.165, 1.54) is 0 Å². The number of hydrogen-bond donors (Lipinski definition) is 1. The molecule has 1 N–H and O–H groups in total. The van der Waals surface area contributed by atoms with Gasteiger partial charge in [-0.05, 0) is 36.6 Å². The zero-order valence-electron chi connectivity index (χ0n) is 12.7. The number of anilines is 1. The molecule has 23 heavy (non-hydrogen) atoms. The second-order valence-electron chi connectivity index (χ2n) is 5.63.